The topological polar surface area (TPSA) is 66.6 Å². The Labute approximate surface area is 117 Å². The van der Waals surface area contributed by atoms with Crippen LogP contribution in [0.15, 0.2) is 12.1 Å². The fourth-order valence-electron chi connectivity index (χ4n) is 2.20. The molecule has 0 saturated carbocycles. The van der Waals surface area contributed by atoms with Gasteiger partial charge in [0.05, 0.1) is 10.9 Å². The molecule has 2 heterocycles. The Kier molecular flexibility index (Phi) is 4.21. The highest BCUT2D eigenvalue weighted by Gasteiger charge is 2.27. The summed E-state index contributed by atoms with van der Waals surface area (Å²) in [6.07, 6.45) is 0. The van der Waals surface area contributed by atoms with Crippen LogP contribution in [0.1, 0.15) is 21.5 Å². The van der Waals surface area contributed by atoms with Gasteiger partial charge in [-0.25, -0.2) is 0 Å². The molecular weight excluding hydrogens is 262 g/mol. The number of primary amides is 1. The lowest BCUT2D eigenvalue weighted by atomic mass is 10.2. The van der Waals surface area contributed by atoms with Gasteiger partial charge in [-0.15, -0.1) is 11.3 Å². The number of thiophene rings is 1. The number of piperazine rings is 1. The molecule has 1 aliphatic rings. The zero-order valence-electron chi connectivity index (χ0n) is 11.3. The normalized spacial score (nSPS) is 18.3. The smallest absolute Gasteiger partial charge is 0.264 e. The number of carbonyl (C=O) groups excluding carboxylic acids is 2. The highest BCUT2D eigenvalue weighted by molar-refractivity contribution is 7.13. The van der Waals surface area contributed by atoms with E-state index in [4.69, 9.17) is 5.73 Å². The van der Waals surface area contributed by atoms with Gasteiger partial charge in [-0.3, -0.25) is 14.5 Å². The van der Waals surface area contributed by atoms with Crippen molar-refractivity contribution in [1.29, 1.82) is 0 Å². The van der Waals surface area contributed by atoms with Gasteiger partial charge < -0.3 is 10.6 Å². The summed E-state index contributed by atoms with van der Waals surface area (Å²) in [5, 5.41) is 0. The van der Waals surface area contributed by atoms with E-state index in [1.54, 1.807) is 0 Å². The molecule has 2 N–H and O–H groups in total. The average Bonchev–Trinajstić information content (AvgIpc) is 2.84. The predicted molar refractivity (Wildman–Crippen MR) is 75.2 cm³/mol. The number of nitrogens with zero attached hydrogens (tertiary/aromatic N) is 2. The zero-order chi connectivity index (χ0) is 14.0. The van der Waals surface area contributed by atoms with Gasteiger partial charge in [0.15, 0.2) is 0 Å². The van der Waals surface area contributed by atoms with Crippen molar-refractivity contribution in [2.24, 2.45) is 5.73 Å². The van der Waals surface area contributed by atoms with Crippen molar-refractivity contribution in [3.05, 3.63) is 21.9 Å². The van der Waals surface area contributed by atoms with Crippen LogP contribution >= 0.6 is 11.3 Å². The maximum Gasteiger partial charge on any atom is 0.264 e. The van der Waals surface area contributed by atoms with Crippen LogP contribution in [0, 0.1) is 6.92 Å². The van der Waals surface area contributed by atoms with Gasteiger partial charge >= 0.3 is 0 Å². The van der Waals surface area contributed by atoms with Gasteiger partial charge in [0, 0.05) is 31.1 Å². The predicted octanol–water partition coefficient (Wildman–Crippen LogP) is 0.688. The summed E-state index contributed by atoms with van der Waals surface area (Å²) >= 11 is 1.52. The molecule has 19 heavy (non-hydrogen) atoms. The first-order chi connectivity index (χ1) is 8.99. The Morgan fingerprint density at radius 2 is 1.89 bits per heavy atom. The zero-order valence-corrected chi connectivity index (χ0v) is 12.1. The van der Waals surface area contributed by atoms with Crippen molar-refractivity contribution in [2.45, 2.75) is 19.9 Å². The number of rotatable bonds is 3. The molecule has 0 bridgehead atoms. The molecule has 0 spiro atoms. The second-order valence-corrected chi connectivity index (χ2v) is 6.10. The molecule has 1 aromatic heterocycles. The van der Waals surface area contributed by atoms with Gasteiger partial charge in [-0.2, -0.15) is 0 Å². The van der Waals surface area contributed by atoms with Crippen molar-refractivity contribution in [2.75, 3.05) is 26.2 Å². The molecule has 1 fully saturated rings. The fraction of sp³-hybridized carbons (Fsp3) is 0.538. The minimum atomic E-state index is -0.311. The van der Waals surface area contributed by atoms with E-state index >= 15 is 0 Å². The van der Waals surface area contributed by atoms with E-state index in [1.165, 1.54) is 11.3 Å². The molecule has 0 unspecified atom stereocenters. The molecule has 0 aromatic carbocycles. The summed E-state index contributed by atoms with van der Waals surface area (Å²) in [7, 11) is 0. The van der Waals surface area contributed by atoms with Gasteiger partial charge in [0.2, 0.25) is 5.91 Å². The number of hydrogen-bond donors (Lipinski definition) is 1. The second-order valence-electron chi connectivity index (χ2n) is 4.82. The van der Waals surface area contributed by atoms with Gasteiger partial charge in [-0.05, 0) is 26.0 Å². The number of nitrogens with two attached hydrogens (primary N) is 1. The lowest BCUT2D eigenvalue weighted by Crippen LogP contribution is -2.54. The summed E-state index contributed by atoms with van der Waals surface area (Å²) in [6, 6.07) is 3.57. The van der Waals surface area contributed by atoms with Crippen LogP contribution in [0.5, 0.6) is 0 Å². The Morgan fingerprint density at radius 1 is 1.26 bits per heavy atom. The van der Waals surface area contributed by atoms with Gasteiger partial charge in [-0.1, -0.05) is 0 Å². The Hall–Kier alpha value is -1.40. The molecule has 1 aliphatic heterocycles. The summed E-state index contributed by atoms with van der Waals surface area (Å²) in [5.74, 6) is -0.224. The molecule has 6 heteroatoms. The molecule has 1 saturated heterocycles. The molecule has 0 aliphatic carbocycles. The number of aryl methyl sites for hydroxylation is 1. The molecule has 104 valence electrons. The molecule has 5 nitrogen and oxygen atoms in total. The minimum Gasteiger partial charge on any atom is -0.368 e. The van der Waals surface area contributed by atoms with Crippen LogP contribution in [0.4, 0.5) is 0 Å². The maximum atomic E-state index is 12.2. The van der Waals surface area contributed by atoms with Crippen LogP contribution in [-0.4, -0.2) is 53.8 Å². The molecule has 2 amide bonds. The third-order valence-corrected chi connectivity index (χ3v) is 4.50. The lowest BCUT2D eigenvalue weighted by molar-refractivity contribution is -0.123. The van der Waals surface area contributed by atoms with Crippen LogP contribution in [0.3, 0.4) is 0 Å². The van der Waals surface area contributed by atoms with E-state index in [0.29, 0.717) is 26.2 Å². The first-order valence-electron chi connectivity index (χ1n) is 6.38. The first kappa shape index (κ1) is 14.0. The Bertz CT molecular complexity index is 478. The van der Waals surface area contributed by atoms with E-state index < -0.39 is 0 Å². The second kappa shape index (κ2) is 5.71. The lowest BCUT2D eigenvalue weighted by Gasteiger charge is -2.36. The highest BCUT2D eigenvalue weighted by Crippen LogP contribution is 2.18. The van der Waals surface area contributed by atoms with Crippen LogP contribution in [0.2, 0.25) is 0 Å². The standard InChI is InChI=1S/C13H19N3O2S/c1-9-3-4-11(19-9)13(18)16-7-5-15(6-8-16)10(2)12(14)17/h3-4,10H,5-8H2,1-2H3,(H2,14,17)/t10-/m1/s1. The summed E-state index contributed by atoms with van der Waals surface area (Å²) in [4.78, 5) is 29.2. The first-order valence-corrected chi connectivity index (χ1v) is 7.20. The maximum absolute atomic E-state index is 12.2. The Balaban J connectivity index is 1.93. The van der Waals surface area contributed by atoms with E-state index in [0.717, 1.165) is 9.75 Å². The van der Waals surface area contributed by atoms with Crippen molar-refractivity contribution < 1.29 is 9.59 Å². The summed E-state index contributed by atoms with van der Waals surface area (Å²) < 4.78 is 0. The molecular formula is C13H19N3O2S. The monoisotopic (exact) mass is 281 g/mol. The van der Waals surface area contributed by atoms with Gasteiger partial charge in [0.1, 0.15) is 0 Å². The molecule has 1 aromatic rings. The SMILES string of the molecule is Cc1ccc(C(=O)N2CCN([C@H](C)C(N)=O)CC2)s1. The largest absolute Gasteiger partial charge is 0.368 e. The van der Waals surface area contributed by atoms with E-state index in [9.17, 15) is 9.59 Å². The Morgan fingerprint density at radius 3 is 2.37 bits per heavy atom. The molecule has 2 rings (SSSR count). The fourth-order valence-corrected chi connectivity index (χ4v) is 3.03. The van der Waals surface area contributed by atoms with Crippen molar-refractivity contribution >= 4 is 23.2 Å². The van der Waals surface area contributed by atoms with E-state index in [2.05, 4.69) is 0 Å². The number of carbonyl (C=O) groups is 2. The van der Waals surface area contributed by atoms with Crippen molar-refractivity contribution in [1.82, 2.24) is 9.80 Å². The number of hydrogen-bond acceptors (Lipinski definition) is 4. The van der Waals surface area contributed by atoms with E-state index in [1.807, 2.05) is 35.8 Å². The highest BCUT2D eigenvalue weighted by atomic mass is 32.1. The van der Waals surface area contributed by atoms with Crippen LogP contribution in [0.25, 0.3) is 0 Å². The van der Waals surface area contributed by atoms with Crippen molar-refractivity contribution in [3.8, 4) is 0 Å². The summed E-state index contributed by atoms with van der Waals surface area (Å²) in [6.45, 7) is 6.48. The van der Waals surface area contributed by atoms with Crippen molar-refractivity contribution in [3.63, 3.8) is 0 Å². The van der Waals surface area contributed by atoms with Gasteiger partial charge in [0.25, 0.3) is 5.91 Å². The molecule has 1 atom stereocenters. The summed E-state index contributed by atoms with van der Waals surface area (Å²) in [5.41, 5.74) is 5.30. The third-order valence-electron chi connectivity index (χ3n) is 3.51. The average molecular weight is 281 g/mol. The van der Waals surface area contributed by atoms with Crippen LogP contribution in [-0.2, 0) is 4.79 Å². The minimum absolute atomic E-state index is 0.0875. The molecule has 0 radical (unpaired) electrons. The number of amides is 2. The van der Waals surface area contributed by atoms with Crippen LogP contribution < -0.4 is 5.73 Å². The van der Waals surface area contributed by atoms with E-state index in [-0.39, 0.29) is 17.9 Å². The quantitative estimate of drug-likeness (QED) is 0.886. The third kappa shape index (κ3) is 3.13.